The van der Waals surface area contributed by atoms with E-state index in [1.54, 1.807) is 12.1 Å². The maximum Gasteiger partial charge on any atom is 0.227 e. The summed E-state index contributed by atoms with van der Waals surface area (Å²) in [5.74, 6) is 0.229. The third-order valence-electron chi connectivity index (χ3n) is 3.91. The SMILES string of the molecule is CC1(C)CCCN1C(=O)Cc1ccc(C(N)=NO)cc1. The summed E-state index contributed by atoms with van der Waals surface area (Å²) in [6, 6.07) is 7.20. The minimum atomic E-state index is -0.0367. The second-order valence-corrected chi connectivity index (χ2v) is 5.82. The number of benzene rings is 1. The summed E-state index contributed by atoms with van der Waals surface area (Å²) in [4.78, 5) is 14.3. The van der Waals surface area contributed by atoms with Crippen molar-refractivity contribution in [1.29, 1.82) is 0 Å². The second-order valence-electron chi connectivity index (χ2n) is 5.82. The first-order valence-electron chi connectivity index (χ1n) is 6.81. The summed E-state index contributed by atoms with van der Waals surface area (Å²) in [6.45, 7) is 5.06. The number of carbonyl (C=O) groups is 1. The van der Waals surface area contributed by atoms with Gasteiger partial charge in [0.1, 0.15) is 0 Å². The molecule has 0 aromatic heterocycles. The highest BCUT2D eigenvalue weighted by Crippen LogP contribution is 2.28. The van der Waals surface area contributed by atoms with Gasteiger partial charge in [-0.2, -0.15) is 0 Å². The molecule has 0 aliphatic carbocycles. The van der Waals surface area contributed by atoms with Crippen molar-refractivity contribution in [3.63, 3.8) is 0 Å². The largest absolute Gasteiger partial charge is 0.409 e. The Labute approximate surface area is 119 Å². The fourth-order valence-electron chi connectivity index (χ4n) is 2.69. The maximum absolute atomic E-state index is 12.3. The Bertz CT molecular complexity index is 520. The predicted octanol–water partition coefficient (Wildman–Crippen LogP) is 1.72. The van der Waals surface area contributed by atoms with Crippen molar-refractivity contribution in [3.05, 3.63) is 35.4 Å². The average molecular weight is 275 g/mol. The van der Waals surface area contributed by atoms with Crippen LogP contribution in [0.2, 0.25) is 0 Å². The Morgan fingerprint density at radius 1 is 1.40 bits per heavy atom. The van der Waals surface area contributed by atoms with Crippen LogP contribution in [0.3, 0.4) is 0 Å². The van der Waals surface area contributed by atoms with Gasteiger partial charge in [-0.25, -0.2) is 0 Å². The monoisotopic (exact) mass is 275 g/mol. The summed E-state index contributed by atoms with van der Waals surface area (Å²) < 4.78 is 0. The minimum Gasteiger partial charge on any atom is -0.409 e. The first kappa shape index (κ1) is 14.4. The fourth-order valence-corrected chi connectivity index (χ4v) is 2.69. The zero-order chi connectivity index (χ0) is 14.8. The van der Waals surface area contributed by atoms with Crippen LogP contribution < -0.4 is 5.73 Å². The number of nitrogens with zero attached hydrogens (tertiary/aromatic N) is 2. The maximum atomic E-state index is 12.3. The molecule has 1 heterocycles. The van der Waals surface area contributed by atoms with Crippen molar-refractivity contribution >= 4 is 11.7 Å². The van der Waals surface area contributed by atoms with Crippen LogP contribution in [0.5, 0.6) is 0 Å². The summed E-state index contributed by atoms with van der Waals surface area (Å²) in [5.41, 5.74) is 7.05. The number of amidine groups is 1. The molecular weight excluding hydrogens is 254 g/mol. The van der Waals surface area contributed by atoms with Crippen LogP contribution in [-0.4, -0.2) is 33.9 Å². The van der Waals surface area contributed by atoms with E-state index in [2.05, 4.69) is 19.0 Å². The number of rotatable bonds is 3. The molecule has 0 spiro atoms. The Morgan fingerprint density at radius 3 is 2.55 bits per heavy atom. The van der Waals surface area contributed by atoms with Gasteiger partial charge in [-0.3, -0.25) is 4.79 Å². The lowest BCUT2D eigenvalue weighted by Crippen LogP contribution is -2.43. The van der Waals surface area contributed by atoms with Crippen molar-refractivity contribution in [2.24, 2.45) is 10.9 Å². The van der Waals surface area contributed by atoms with E-state index in [0.29, 0.717) is 12.0 Å². The summed E-state index contributed by atoms with van der Waals surface area (Å²) in [7, 11) is 0. The number of likely N-dealkylation sites (tertiary alicyclic amines) is 1. The quantitative estimate of drug-likeness (QED) is 0.381. The van der Waals surface area contributed by atoms with Crippen molar-refractivity contribution in [1.82, 2.24) is 4.90 Å². The third-order valence-corrected chi connectivity index (χ3v) is 3.91. The molecule has 0 radical (unpaired) electrons. The number of hydrogen-bond acceptors (Lipinski definition) is 3. The topological polar surface area (TPSA) is 78.9 Å². The van der Waals surface area contributed by atoms with E-state index in [9.17, 15) is 4.79 Å². The molecule has 1 saturated heterocycles. The molecule has 1 fully saturated rings. The Morgan fingerprint density at radius 2 is 2.05 bits per heavy atom. The third kappa shape index (κ3) is 2.92. The lowest BCUT2D eigenvalue weighted by molar-refractivity contribution is -0.133. The van der Waals surface area contributed by atoms with E-state index in [-0.39, 0.29) is 17.3 Å². The summed E-state index contributed by atoms with van der Waals surface area (Å²) >= 11 is 0. The van der Waals surface area contributed by atoms with Gasteiger partial charge in [0.25, 0.3) is 0 Å². The van der Waals surface area contributed by atoms with E-state index in [1.165, 1.54) is 0 Å². The van der Waals surface area contributed by atoms with E-state index in [0.717, 1.165) is 24.9 Å². The molecular formula is C15H21N3O2. The Kier molecular flexibility index (Phi) is 3.97. The highest BCUT2D eigenvalue weighted by Gasteiger charge is 2.34. The number of oxime groups is 1. The second kappa shape index (κ2) is 5.53. The van der Waals surface area contributed by atoms with Crippen LogP contribution in [0.25, 0.3) is 0 Å². The molecule has 1 aromatic carbocycles. The zero-order valence-corrected chi connectivity index (χ0v) is 12.0. The first-order valence-corrected chi connectivity index (χ1v) is 6.81. The van der Waals surface area contributed by atoms with E-state index < -0.39 is 0 Å². The van der Waals surface area contributed by atoms with Gasteiger partial charge in [0.15, 0.2) is 5.84 Å². The molecule has 5 nitrogen and oxygen atoms in total. The fraction of sp³-hybridized carbons (Fsp3) is 0.467. The standard InChI is InChI=1S/C15H21N3O2/c1-15(2)8-3-9-18(15)13(19)10-11-4-6-12(7-5-11)14(16)17-20/h4-7,20H,3,8-10H2,1-2H3,(H2,16,17). The molecule has 5 heteroatoms. The molecule has 1 aliphatic rings. The van der Waals surface area contributed by atoms with Gasteiger partial charge >= 0.3 is 0 Å². The van der Waals surface area contributed by atoms with Crippen molar-refractivity contribution < 1.29 is 10.0 Å². The van der Waals surface area contributed by atoms with E-state index in [1.807, 2.05) is 17.0 Å². The molecule has 3 N–H and O–H groups in total. The van der Waals surface area contributed by atoms with Crippen molar-refractivity contribution in [2.75, 3.05) is 6.54 Å². The molecule has 1 amide bonds. The van der Waals surface area contributed by atoms with Crippen LogP contribution in [0.4, 0.5) is 0 Å². The lowest BCUT2D eigenvalue weighted by Gasteiger charge is -2.31. The molecule has 0 saturated carbocycles. The molecule has 108 valence electrons. The lowest BCUT2D eigenvalue weighted by atomic mass is 10.0. The number of nitrogens with two attached hydrogens (primary N) is 1. The molecule has 1 aromatic rings. The smallest absolute Gasteiger partial charge is 0.227 e. The van der Waals surface area contributed by atoms with Gasteiger partial charge in [0, 0.05) is 17.6 Å². The Hall–Kier alpha value is -2.04. The summed E-state index contributed by atoms with van der Waals surface area (Å²) in [6.07, 6.45) is 2.52. The normalized spacial score (nSPS) is 18.3. The number of amides is 1. The number of hydrogen-bond donors (Lipinski definition) is 2. The van der Waals surface area contributed by atoms with Gasteiger partial charge in [-0.1, -0.05) is 29.4 Å². The molecule has 0 unspecified atom stereocenters. The highest BCUT2D eigenvalue weighted by atomic mass is 16.4. The molecule has 20 heavy (non-hydrogen) atoms. The van der Waals surface area contributed by atoms with Crippen molar-refractivity contribution in [3.8, 4) is 0 Å². The van der Waals surface area contributed by atoms with Gasteiger partial charge in [0.2, 0.25) is 5.91 Å². The average Bonchev–Trinajstić information content (AvgIpc) is 2.78. The predicted molar refractivity (Wildman–Crippen MR) is 77.7 cm³/mol. The Balaban J connectivity index is 2.05. The van der Waals surface area contributed by atoms with Crippen LogP contribution >= 0.6 is 0 Å². The van der Waals surface area contributed by atoms with Crippen molar-refractivity contribution in [2.45, 2.75) is 38.6 Å². The van der Waals surface area contributed by atoms with Crippen LogP contribution in [0.15, 0.2) is 29.4 Å². The van der Waals surface area contributed by atoms with Gasteiger partial charge < -0.3 is 15.8 Å². The van der Waals surface area contributed by atoms with E-state index >= 15 is 0 Å². The van der Waals surface area contributed by atoms with Gasteiger partial charge in [-0.15, -0.1) is 0 Å². The van der Waals surface area contributed by atoms with Crippen LogP contribution in [0.1, 0.15) is 37.8 Å². The first-order chi connectivity index (χ1) is 9.44. The van der Waals surface area contributed by atoms with Crippen LogP contribution in [0, 0.1) is 0 Å². The summed E-state index contributed by atoms with van der Waals surface area (Å²) in [5, 5.41) is 11.6. The van der Waals surface area contributed by atoms with Crippen LogP contribution in [-0.2, 0) is 11.2 Å². The van der Waals surface area contributed by atoms with E-state index in [4.69, 9.17) is 10.9 Å². The molecule has 0 bridgehead atoms. The van der Waals surface area contributed by atoms with Gasteiger partial charge in [0.05, 0.1) is 6.42 Å². The van der Waals surface area contributed by atoms with Gasteiger partial charge in [-0.05, 0) is 32.3 Å². The minimum absolute atomic E-state index is 0.0367. The zero-order valence-electron chi connectivity index (χ0n) is 12.0. The molecule has 2 rings (SSSR count). The highest BCUT2D eigenvalue weighted by molar-refractivity contribution is 5.97. The number of carbonyl (C=O) groups excluding carboxylic acids is 1. The molecule has 0 atom stereocenters. The molecule has 1 aliphatic heterocycles.